The number of benzene rings is 1. The lowest BCUT2D eigenvalue weighted by molar-refractivity contribution is 0.0777. The molecule has 16 heavy (non-hydrogen) atoms. The minimum Gasteiger partial charge on any atom is -0.375 e. The Morgan fingerprint density at radius 1 is 1.50 bits per heavy atom. The topological polar surface area (TPSA) is 35.2 Å². The van der Waals surface area contributed by atoms with E-state index in [0.717, 1.165) is 12.0 Å². The first-order chi connectivity index (χ1) is 7.44. The van der Waals surface area contributed by atoms with Gasteiger partial charge in [0, 0.05) is 5.54 Å². The van der Waals surface area contributed by atoms with Gasteiger partial charge >= 0.3 is 0 Å². The quantitative estimate of drug-likeness (QED) is 0.903. The zero-order valence-electron chi connectivity index (χ0n) is 9.59. The molecule has 0 fully saturated rings. The molecule has 0 bridgehead atoms. The van der Waals surface area contributed by atoms with Crippen LogP contribution >= 0.6 is 15.9 Å². The van der Waals surface area contributed by atoms with Gasteiger partial charge in [-0.15, -0.1) is 0 Å². The van der Waals surface area contributed by atoms with Gasteiger partial charge in [0.25, 0.3) is 0 Å². The van der Waals surface area contributed by atoms with E-state index in [9.17, 15) is 4.39 Å². The maximum atomic E-state index is 13.0. The molecule has 0 saturated carbocycles. The molecule has 1 aromatic carbocycles. The summed E-state index contributed by atoms with van der Waals surface area (Å²) in [5.41, 5.74) is 6.58. The third kappa shape index (κ3) is 4.20. The normalized spacial score (nSPS) is 14.8. The van der Waals surface area contributed by atoms with Crippen molar-refractivity contribution in [1.82, 2.24) is 0 Å². The number of nitrogens with two attached hydrogens (primary N) is 1. The Kier molecular flexibility index (Phi) is 4.89. The zero-order valence-corrected chi connectivity index (χ0v) is 11.2. The van der Waals surface area contributed by atoms with Crippen LogP contribution in [0.2, 0.25) is 0 Å². The SMILES string of the molecule is CCC(C)(N)COCc1ccc(F)c(Br)c1. The van der Waals surface area contributed by atoms with Gasteiger partial charge in [-0.1, -0.05) is 13.0 Å². The average molecular weight is 290 g/mol. The van der Waals surface area contributed by atoms with Gasteiger partial charge in [-0.25, -0.2) is 4.39 Å². The van der Waals surface area contributed by atoms with Crippen molar-refractivity contribution < 1.29 is 9.13 Å². The molecular formula is C12H17BrFNO. The molecule has 0 aliphatic carbocycles. The first kappa shape index (κ1) is 13.6. The molecule has 1 rings (SSSR count). The van der Waals surface area contributed by atoms with E-state index < -0.39 is 0 Å². The van der Waals surface area contributed by atoms with Crippen LogP contribution in [-0.2, 0) is 11.3 Å². The largest absolute Gasteiger partial charge is 0.375 e. The zero-order chi connectivity index (χ0) is 12.2. The number of hydrogen-bond acceptors (Lipinski definition) is 2. The van der Waals surface area contributed by atoms with E-state index in [1.807, 2.05) is 13.8 Å². The molecule has 1 aromatic rings. The summed E-state index contributed by atoms with van der Waals surface area (Å²) in [5.74, 6) is -0.263. The van der Waals surface area contributed by atoms with Crippen LogP contribution in [-0.4, -0.2) is 12.1 Å². The Balaban J connectivity index is 2.46. The van der Waals surface area contributed by atoms with Crippen LogP contribution in [0.25, 0.3) is 0 Å². The van der Waals surface area contributed by atoms with Crippen LogP contribution in [0.3, 0.4) is 0 Å². The van der Waals surface area contributed by atoms with Crippen molar-refractivity contribution in [3.63, 3.8) is 0 Å². The highest BCUT2D eigenvalue weighted by Crippen LogP contribution is 2.17. The number of halogens is 2. The van der Waals surface area contributed by atoms with E-state index in [-0.39, 0.29) is 11.4 Å². The molecule has 0 amide bonds. The Morgan fingerprint density at radius 3 is 2.75 bits per heavy atom. The van der Waals surface area contributed by atoms with Gasteiger partial charge in [0.05, 0.1) is 17.7 Å². The fraction of sp³-hybridized carbons (Fsp3) is 0.500. The maximum Gasteiger partial charge on any atom is 0.137 e. The van der Waals surface area contributed by atoms with Gasteiger partial charge in [-0.05, 0) is 47.0 Å². The Hall–Kier alpha value is -0.450. The Morgan fingerprint density at radius 2 is 2.19 bits per heavy atom. The first-order valence-electron chi connectivity index (χ1n) is 5.25. The molecule has 1 atom stereocenters. The van der Waals surface area contributed by atoms with Crippen molar-refractivity contribution in [2.45, 2.75) is 32.4 Å². The highest BCUT2D eigenvalue weighted by molar-refractivity contribution is 9.10. The van der Waals surface area contributed by atoms with Crippen LogP contribution in [0.5, 0.6) is 0 Å². The van der Waals surface area contributed by atoms with Crippen molar-refractivity contribution in [3.05, 3.63) is 34.1 Å². The molecule has 2 N–H and O–H groups in total. The predicted octanol–water partition coefficient (Wildman–Crippen LogP) is 3.23. The molecule has 0 saturated heterocycles. The van der Waals surface area contributed by atoms with E-state index in [1.54, 1.807) is 12.1 Å². The smallest absolute Gasteiger partial charge is 0.137 e. The predicted molar refractivity (Wildman–Crippen MR) is 66.6 cm³/mol. The first-order valence-corrected chi connectivity index (χ1v) is 6.04. The van der Waals surface area contributed by atoms with Crippen LogP contribution in [0.15, 0.2) is 22.7 Å². The third-order valence-corrected chi connectivity index (χ3v) is 3.10. The summed E-state index contributed by atoms with van der Waals surface area (Å²) in [5, 5.41) is 0. The average Bonchev–Trinajstić information content (AvgIpc) is 2.23. The van der Waals surface area contributed by atoms with Crippen molar-refractivity contribution in [2.24, 2.45) is 5.73 Å². The fourth-order valence-corrected chi connectivity index (χ4v) is 1.56. The van der Waals surface area contributed by atoms with Crippen molar-refractivity contribution in [2.75, 3.05) is 6.61 Å². The Labute approximate surface area is 104 Å². The minimum atomic E-state index is -0.294. The number of hydrogen-bond donors (Lipinski definition) is 1. The lowest BCUT2D eigenvalue weighted by Crippen LogP contribution is -2.40. The van der Waals surface area contributed by atoms with Crippen molar-refractivity contribution in [3.8, 4) is 0 Å². The van der Waals surface area contributed by atoms with Gasteiger partial charge in [-0.3, -0.25) is 0 Å². The molecule has 4 heteroatoms. The van der Waals surface area contributed by atoms with Gasteiger partial charge in [0.15, 0.2) is 0 Å². The summed E-state index contributed by atoms with van der Waals surface area (Å²) in [4.78, 5) is 0. The van der Waals surface area contributed by atoms with Crippen molar-refractivity contribution >= 4 is 15.9 Å². The molecule has 0 heterocycles. The van der Waals surface area contributed by atoms with Gasteiger partial charge < -0.3 is 10.5 Å². The maximum absolute atomic E-state index is 13.0. The van der Waals surface area contributed by atoms with E-state index in [4.69, 9.17) is 10.5 Å². The Bertz CT molecular complexity index is 355. The van der Waals surface area contributed by atoms with Gasteiger partial charge in [-0.2, -0.15) is 0 Å². The second-order valence-electron chi connectivity index (χ2n) is 4.25. The summed E-state index contributed by atoms with van der Waals surface area (Å²) in [7, 11) is 0. The summed E-state index contributed by atoms with van der Waals surface area (Å²) >= 11 is 3.14. The standard InChI is InChI=1S/C12H17BrFNO/c1-3-12(2,15)8-16-7-9-4-5-11(14)10(13)6-9/h4-6H,3,7-8,15H2,1-2H3. The van der Waals surface area contributed by atoms with Crippen LogP contribution in [0, 0.1) is 5.82 Å². The molecule has 90 valence electrons. The lowest BCUT2D eigenvalue weighted by atomic mass is 10.0. The van der Waals surface area contributed by atoms with E-state index >= 15 is 0 Å². The van der Waals surface area contributed by atoms with Crippen LogP contribution in [0.1, 0.15) is 25.8 Å². The van der Waals surface area contributed by atoms with E-state index in [1.165, 1.54) is 6.07 Å². The second-order valence-corrected chi connectivity index (χ2v) is 5.10. The molecule has 0 aromatic heterocycles. The second kappa shape index (κ2) is 5.75. The minimum absolute atomic E-state index is 0.263. The molecule has 0 aliphatic heterocycles. The molecule has 1 unspecified atom stereocenters. The molecular weight excluding hydrogens is 273 g/mol. The van der Waals surface area contributed by atoms with E-state index in [0.29, 0.717) is 17.7 Å². The van der Waals surface area contributed by atoms with Gasteiger partial charge in [0.2, 0.25) is 0 Å². The summed E-state index contributed by atoms with van der Waals surface area (Å²) in [6.07, 6.45) is 0.861. The molecule has 0 radical (unpaired) electrons. The lowest BCUT2D eigenvalue weighted by Gasteiger charge is -2.22. The third-order valence-electron chi connectivity index (χ3n) is 2.49. The number of rotatable bonds is 5. The highest BCUT2D eigenvalue weighted by Gasteiger charge is 2.15. The fourth-order valence-electron chi connectivity index (χ4n) is 1.13. The van der Waals surface area contributed by atoms with Crippen molar-refractivity contribution in [1.29, 1.82) is 0 Å². The van der Waals surface area contributed by atoms with Crippen LogP contribution in [0.4, 0.5) is 4.39 Å². The number of ether oxygens (including phenoxy) is 1. The monoisotopic (exact) mass is 289 g/mol. The van der Waals surface area contributed by atoms with E-state index in [2.05, 4.69) is 15.9 Å². The summed E-state index contributed by atoms with van der Waals surface area (Å²) in [6, 6.07) is 4.85. The van der Waals surface area contributed by atoms with Gasteiger partial charge in [0.1, 0.15) is 5.82 Å². The molecule has 0 spiro atoms. The molecule has 2 nitrogen and oxygen atoms in total. The highest BCUT2D eigenvalue weighted by atomic mass is 79.9. The van der Waals surface area contributed by atoms with Crippen LogP contribution < -0.4 is 5.73 Å². The summed E-state index contributed by atoms with van der Waals surface area (Å²) < 4.78 is 18.9. The summed E-state index contributed by atoms with van der Waals surface area (Å²) in [6.45, 7) is 4.93. The molecule has 0 aliphatic rings.